The van der Waals surface area contributed by atoms with Crippen LogP contribution in [0.2, 0.25) is 0 Å². The van der Waals surface area contributed by atoms with Crippen LogP contribution in [0.25, 0.3) is 27.6 Å². The number of halogens is 1. The van der Waals surface area contributed by atoms with E-state index in [2.05, 4.69) is 44.6 Å². The minimum atomic E-state index is -3.89. The first-order valence-corrected chi connectivity index (χ1v) is 13.5. The number of nitrogens with one attached hydrogen (secondary N) is 1. The number of nitrogens with zero attached hydrogens (tertiary/aromatic N) is 4. The molecule has 0 aliphatic rings. The van der Waals surface area contributed by atoms with Crippen LogP contribution in [-0.2, 0) is 16.6 Å². The zero-order chi connectivity index (χ0) is 25.7. The van der Waals surface area contributed by atoms with Crippen molar-refractivity contribution in [3.05, 3.63) is 99.1 Å². The monoisotopic (exact) mass is 610 g/mol. The molecular weight excluding hydrogens is 587 g/mol. The highest BCUT2D eigenvalue weighted by molar-refractivity contribution is 14.1. The van der Waals surface area contributed by atoms with Gasteiger partial charge in [-0.05, 0) is 71.6 Å². The second-order valence-corrected chi connectivity index (χ2v) is 10.7. The summed E-state index contributed by atoms with van der Waals surface area (Å²) in [6.07, 6.45) is 2.79. The van der Waals surface area contributed by atoms with Gasteiger partial charge in [0.25, 0.3) is 0 Å². The van der Waals surface area contributed by atoms with Crippen molar-refractivity contribution < 1.29 is 8.42 Å². The quantitative estimate of drug-likeness (QED) is 0.123. The summed E-state index contributed by atoms with van der Waals surface area (Å²) >= 11 is 2.17. The first kappa shape index (κ1) is 25.6. The summed E-state index contributed by atoms with van der Waals surface area (Å²) in [6, 6.07) is 21.6. The van der Waals surface area contributed by atoms with Gasteiger partial charge < -0.3 is 5.32 Å². The maximum absolute atomic E-state index is 11.8. The van der Waals surface area contributed by atoms with Gasteiger partial charge in [0.15, 0.2) is 5.82 Å². The summed E-state index contributed by atoms with van der Waals surface area (Å²) in [7, 11) is -3.89. The third kappa shape index (κ3) is 6.01. The van der Waals surface area contributed by atoms with Crippen LogP contribution in [0.1, 0.15) is 18.4 Å². The second kappa shape index (κ2) is 11.1. The fourth-order valence-corrected chi connectivity index (χ4v) is 4.39. The number of hydrogen-bond acceptors (Lipinski definition) is 7. The molecule has 2 aromatic heterocycles. The van der Waals surface area contributed by atoms with Gasteiger partial charge in [-0.3, -0.25) is 4.99 Å². The molecule has 2 aromatic carbocycles. The summed E-state index contributed by atoms with van der Waals surface area (Å²) in [6.45, 7) is 5.33. The Hall–Kier alpha value is -3.48. The molecular formula is C26H23IN6O2S. The Morgan fingerprint density at radius 1 is 1.06 bits per heavy atom. The molecule has 3 N–H and O–H groups in total. The molecule has 10 heteroatoms. The van der Waals surface area contributed by atoms with Crippen molar-refractivity contribution >= 4 is 61.6 Å². The normalized spacial score (nSPS) is 12.5. The lowest BCUT2D eigenvalue weighted by molar-refractivity contribution is 0.603. The van der Waals surface area contributed by atoms with Gasteiger partial charge in [-0.2, -0.15) is 0 Å². The molecule has 2 heterocycles. The second-order valence-electron chi connectivity index (χ2n) is 7.83. The van der Waals surface area contributed by atoms with Crippen molar-refractivity contribution in [2.45, 2.75) is 13.5 Å². The Kier molecular flexibility index (Phi) is 7.87. The molecule has 0 fully saturated rings. The minimum absolute atomic E-state index is 0.0447. The van der Waals surface area contributed by atoms with Gasteiger partial charge in [0, 0.05) is 11.8 Å². The van der Waals surface area contributed by atoms with E-state index >= 15 is 0 Å². The maximum atomic E-state index is 11.8. The molecule has 4 rings (SSSR count). The van der Waals surface area contributed by atoms with E-state index in [1.54, 1.807) is 0 Å². The van der Waals surface area contributed by atoms with Gasteiger partial charge in [0.2, 0.25) is 10.0 Å². The number of aromatic nitrogens is 3. The lowest BCUT2D eigenvalue weighted by Crippen LogP contribution is -2.13. The third-order valence-electron chi connectivity index (χ3n) is 5.31. The van der Waals surface area contributed by atoms with E-state index in [-0.39, 0.29) is 10.7 Å². The van der Waals surface area contributed by atoms with Crippen LogP contribution in [-0.4, -0.2) is 30.1 Å². The number of benzene rings is 2. The first-order chi connectivity index (χ1) is 17.3. The summed E-state index contributed by atoms with van der Waals surface area (Å²) in [5.74, 6) is 0.855. The molecule has 0 radical (unpaired) electrons. The van der Waals surface area contributed by atoms with Crippen molar-refractivity contribution in [2.24, 2.45) is 10.1 Å². The topological polar surface area (TPSA) is 123 Å². The van der Waals surface area contributed by atoms with E-state index < -0.39 is 10.0 Å². The summed E-state index contributed by atoms with van der Waals surface area (Å²) in [5, 5.41) is 9.54. The highest BCUT2D eigenvalue weighted by Gasteiger charge is 2.16. The Labute approximate surface area is 223 Å². The molecule has 0 aliphatic heterocycles. The van der Waals surface area contributed by atoms with Gasteiger partial charge in [0.05, 0.1) is 28.0 Å². The predicted molar refractivity (Wildman–Crippen MR) is 154 cm³/mol. The summed E-state index contributed by atoms with van der Waals surface area (Å²) < 4.78 is 24.6. The molecule has 182 valence electrons. The van der Waals surface area contributed by atoms with Gasteiger partial charge in [-0.15, -0.1) is 0 Å². The smallest absolute Gasteiger partial charge is 0.233 e. The first-order valence-electron chi connectivity index (χ1n) is 10.9. The van der Waals surface area contributed by atoms with Crippen molar-refractivity contribution in [1.82, 2.24) is 15.0 Å². The van der Waals surface area contributed by atoms with E-state index in [0.717, 1.165) is 25.9 Å². The molecule has 8 nitrogen and oxygen atoms in total. The lowest BCUT2D eigenvalue weighted by Gasteiger charge is -2.15. The fourth-order valence-electron chi connectivity index (χ4n) is 3.58. The van der Waals surface area contributed by atoms with Crippen LogP contribution in [0, 0.1) is 3.70 Å². The fraction of sp³-hybridized carbons (Fsp3) is 0.0769. The number of aliphatic imine (C=N–C) groups is 1. The molecule has 0 unspecified atom stereocenters. The Morgan fingerprint density at radius 2 is 1.81 bits per heavy atom. The van der Waals surface area contributed by atoms with Crippen LogP contribution < -0.4 is 10.5 Å². The Bertz CT molecular complexity index is 1600. The number of anilines is 1. The predicted octanol–water partition coefficient (Wildman–Crippen LogP) is 5.14. The highest BCUT2D eigenvalue weighted by Crippen LogP contribution is 2.33. The molecule has 0 aliphatic carbocycles. The number of primary sulfonamides is 1. The van der Waals surface area contributed by atoms with E-state index in [9.17, 15) is 8.42 Å². The standard InChI is InChI=1S/C26H23IN6O2S/c1-17(36(28,34)35)14-19(15-29-2)25-32-22-12-7-11-21(18-8-4-3-5-9-18)24(22)26(33-25)30-16-20-10-6-13-23(27)31-20/h3-15H,2,16H2,1H3,(H2,28,34,35)(H,30,32,33)/b17-14+,19-15+. The van der Waals surface area contributed by atoms with Crippen LogP contribution >= 0.6 is 22.6 Å². The molecule has 0 bridgehead atoms. The SMILES string of the molecule is C=N/C=C(\C=C(/C)S(N)(=O)=O)c1nc(NCc2cccc(I)n2)c2c(-c3ccccc3)cccc2n1. The minimum Gasteiger partial charge on any atom is -0.364 e. The number of fused-ring (bicyclic) bond motifs is 1. The van der Waals surface area contributed by atoms with E-state index in [1.807, 2.05) is 66.7 Å². The van der Waals surface area contributed by atoms with Gasteiger partial charge in [-0.1, -0.05) is 48.5 Å². The van der Waals surface area contributed by atoms with Gasteiger partial charge >= 0.3 is 0 Å². The van der Waals surface area contributed by atoms with Crippen LogP contribution in [0.15, 0.2) is 88.9 Å². The molecule has 0 spiro atoms. The van der Waals surface area contributed by atoms with Crippen LogP contribution in [0.4, 0.5) is 5.82 Å². The van der Waals surface area contributed by atoms with Crippen LogP contribution in [0.3, 0.4) is 0 Å². The number of rotatable bonds is 8. The van der Waals surface area contributed by atoms with E-state index in [4.69, 9.17) is 15.1 Å². The molecule has 0 saturated heterocycles. The molecule has 36 heavy (non-hydrogen) atoms. The molecule has 0 saturated carbocycles. The zero-order valence-corrected chi connectivity index (χ0v) is 22.4. The van der Waals surface area contributed by atoms with Gasteiger partial charge in [0.1, 0.15) is 9.52 Å². The number of sulfonamides is 1. The average molecular weight is 610 g/mol. The average Bonchev–Trinajstić information content (AvgIpc) is 2.86. The number of nitrogens with two attached hydrogens (primary N) is 1. The summed E-state index contributed by atoms with van der Waals surface area (Å²) in [4.78, 5) is 17.9. The van der Waals surface area contributed by atoms with Gasteiger partial charge in [-0.25, -0.2) is 28.5 Å². The van der Waals surface area contributed by atoms with Crippen molar-refractivity contribution in [3.63, 3.8) is 0 Å². The van der Waals surface area contributed by atoms with E-state index in [1.165, 1.54) is 19.2 Å². The Morgan fingerprint density at radius 3 is 2.50 bits per heavy atom. The van der Waals surface area contributed by atoms with Crippen molar-refractivity contribution in [1.29, 1.82) is 0 Å². The molecule has 0 atom stereocenters. The van der Waals surface area contributed by atoms with Crippen molar-refractivity contribution in [3.8, 4) is 11.1 Å². The number of hydrogen-bond donors (Lipinski definition) is 2. The third-order valence-corrected chi connectivity index (χ3v) is 6.93. The molecule has 4 aromatic rings. The maximum Gasteiger partial charge on any atom is 0.233 e. The molecule has 0 amide bonds. The zero-order valence-electron chi connectivity index (χ0n) is 19.4. The van der Waals surface area contributed by atoms with Crippen LogP contribution in [0.5, 0.6) is 0 Å². The number of pyridine rings is 1. The lowest BCUT2D eigenvalue weighted by atomic mass is 10.0. The van der Waals surface area contributed by atoms with Crippen molar-refractivity contribution in [2.75, 3.05) is 5.32 Å². The Balaban J connectivity index is 1.92. The number of allylic oxidation sites excluding steroid dienone is 3. The highest BCUT2D eigenvalue weighted by atomic mass is 127. The summed E-state index contributed by atoms with van der Waals surface area (Å²) in [5.41, 5.74) is 3.86. The van der Waals surface area contributed by atoms with E-state index in [0.29, 0.717) is 23.5 Å². The largest absolute Gasteiger partial charge is 0.364 e.